The van der Waals surface area contributed by atoms with Crippen molar-refractivity contribution in [2.45, 2.75) is 13.0 Å². The first kappa shape index (κ1) is 11.7. The summed E-state index contributed by atoms with van der Waals surface area (Å²) in [6.07, 6.45) is 0.853. The number of fused-ring (bicyclic) bond motifs is 1. The summed E-state index contributed by atoms with van der Waals surface area (Å²) in [5.41, 5.74) is 8.63. The molecule has 0 amide bonds. The van der Waals surface area contributed by atoms with Gasteiger partial charge in [0.2, 0.25) is 5.95 Å². The van der Waals surface area contributed by atoms with Crippen LogP contribution in [0.5, 0.6) is 5.75 Å². The highest BCUT2D eigenvalue weighted by atomic mass is 16.3. The molecule has 0 aliphatic carbocycles. The van der Waals surface area contributed by atoms with Crippen LogP contribution in [-0.4, -0.2) is 21.6 Å². The third-order valence-electron chi connectivity index (χ3n) is 3.08. The largest absolute Gasteiger partial charge is 0.508 e. The Balaban J connectivity index is 1.95. The van der Waals surface area contributed by atoms with Gasteiger partial charge in [-0.1, -0.05) is 0 Å². The number of anilines is 3. The Kier molecular flexibility index (Phi) is 2.92. The lowest BCUT2D eigenvalue weighted by molar-refractivity contribution is 0.475. The quantitative estimate of drug-likeness (QED) is 0.603. The van der Waals surface area contributed by atoms with E-state index in [1.807, 2.05) is 0 Å². The molecule has 0 unspecified atom stereocenters. The maximum absolute atomic E-state index is 9.28. The number of rotatable bonds is 2. The van der Waals surface area contributed by atoms with E-state index in [0.717, 1.165) is 42.3 Å². The lowest BCUT2D eigenvalue weighted by atomic mass is 10.1. The highest BCUT2D eigenvalue weighted by molar-refractivity contribution is 5.62. The molecule has 98 valence electrons. The lowest BCUT2D eigenvalue weighted by Crippen LogP contribution is -2.26. The molecule has 0 atom stereocenters. The number of aromatic hydroxyl groups is 1. The molecule has 2 aromatic rings. The fraction of sp³-hybridized carbons (Fsp3) is 0.231. The van der Waals surface area contributed by atoms with Crippen LogP contribution in [0.3, 0.4) is 0 Å². The second kappa shape index (κ2) is 4.74. The number of phenolic OH excluding ortho intramolecular Hbond substituents is 1. The van der Waals surface area contributed by atoms with Gasteiger partial charge < -0.3 is 21.5 Å². The van der Waals surface area contributed by atoms with Crippen molar-refractivity contribution in [2.75, 3.05) is 17.6 Å². The topological polar surface area (TPSA) is 96.1 Å². The van der Waals surface area contributed by atoms with Crippen LogP contribution < -0.4 is 16.4 Å². The van der Waals surface area contributed by atoms with E-state index in [2.05, 4.69) is 20.6 Å². The summed E-state index contributed by atoms with van der Waals surface area (Å²) in [6, 6.07) is 6.82. The van der Waals surface area contributed by atoms with Crippen molar-refractivity contribution in [2.24, 2.45) is 0 Å². The Morgan fingerprint density at radius 2 is 2.00 bits per heavy atom. The second-order valence-electron chi connectivity index (χ2n) is 4.45. The lowest BCUT2D eigenvalue weighted by Gasteiger charge is -2.19. The van der Waals surface area contributed by atoms with Crippen LogP contribution >= 0.6 is 0 Å². The monoisotopic (exact) mass is 257 g/mol. The fourth-order valence-corrected chi connectivity index (χ4v) is 2.15. The number of hydrogen-bond acceptors (Lipinski definition) is 6. The molecule has 1 aromatic carbocycles. The summed E-state index contributed by atoms with van der Waals surface area (Å²) >= 11 is 0. The third-order valence-corrected chi connectivity index (χ3v) is 3.08. The number of phenols is 1. The SMILES string of the molecule is Nc1nc2c(c(Nc3ccc(O)cc3)n1)CNCC2. The predicted molar refractivity (Wildman–Crippen MR) is 73.2 cm³/mol. The van der Waals surface area contributed by atoms with Crippen LogP contribution in [0.2, 0.25) is 0 Å². The fourth-order valence-electron chi connectivity index (χ4n) is 2.15. The molecule has 5 N–H and O–H groups in total. The zero-order chi connectivity index (χ0) is 13.2. The third kappa shape index (κ3) is 2.43. The first-order valence-corrected chi connectivity index (χ1v) is 6.14. The molecule has 0 fully saturated rings. The summed E-state index contributed by atoms with van der Waals surface area (Å²) in [7, 11) is 0. The zero-order valence-electron chi connectivity index (χ0n) is 10.3. The van der Waals surface area contributed by atoms with Gasteiger partial charge in [-0.15, -0.1) is 0 Å². The molecule has 1 aliphatic rings. The maximum Gasteiger partial charge on any atom is 0.222 e. The number of hydrogen-bond donors (Lipinski definition) is 4. The summed E-state index contributed by atoms with van der Waals surface area (Å²) in [6.45, 7) is 1.64. The van der Waals surface area contributed by atoms with E-state index in [-0.39, 0.29) is 11.7 Å². The van der Waals surface area contributed by atoms with E-state index in [4.69, 9.17) is 5.73 Å². The van der Waals surface area contributed by atoms with Crippen molar-refractivity contribution in [1.82, 2.24) is 15.3 Å². The summed E-state index contributed by atoms with van der Waals surface area (Å²) in [5.74, 6) is 1.23. The maximum atomic E-state index is 9.28. The van der Waals surface area contributed by atoms with Crippen molar-refractivity contribution in [1.29, 1.82) is 0 Å². The van der Waals surface area contributed by atoms with Gasteiger partial charge in [-0.05, 0) is 24.3 Å². The van der Waals surface area contributed by atoms with Gasteiger partial charge >= 0.3 is 0 Å². The van der Waals surface area contributed by atoms with E-state index in [9.17, 15) is 5.11 Å². The number of aromatic nitrogens is 2. The van der Waals surface area contributed by atoms with Crippen molar-refractivity contribution in [3.8, 4) is 5.75 Å². The Hall–Kier alpha value is -2.34. The minimum atomic E-state index is 0.233. The van der Waals surface area contributed by atoms with E-state index in [1.54, 1.807) is 24.3 Å². The molecule has 0 saturated heterocycles. The molecule has 0 radical (unpaired) electrons. The highest BCUT2D eigenvalue weighted by Gasteiger charge is 2.16. The molecule has 0 saturated carbocycles. The summed E-state index contributed by atoms with van der Waals surface area (Å²) in [5, 5.41) is 15.8. The Morgan fingerprint density at radius 1 is 1.21 bits per heavy atom. The van der Waals surface area contributed by atoms with Gasteiger partial charge in [0.25, 0.3) is 0 Å². The van der Waals surface area contributed by atoms with Gasteiger partial charge in [-0.3, -0.25) is 0 Å². The summed E-state index contributed by atoms with van der Waals surface area (Å²) < 4.78 is 0. The van der Waals surface area contributed by atoms with E-state index in [1.165, 1.54) is 0 Å². The van der Waals surface area contributed by atoms with Crippen LogP contribution in [0.25, 0.3) is 0 Å². The Bertz CT molecular complexity index is 597. The molecule has 0 bridgehead atoms. The molecule has 19 heavy (non-hydrogen) atoms. The van der Waals surface area contributed by atoms with Crippen LogP contribution in [0.15, 0.2) is 24.3 Å². The number of nitrogens with zero attached hydrogens (tertiary/aromatic N) is 2. The number of nitrogens with one attached hydrogen (secondary N) is 2. The normalized spacial score (nSPS) is 13.9. The van der Waals surface area contributed by atoms with Crippen molar-refractivity contribution >= 4 is 17.5 Å². The van der Waals surface area contributed by atoms with Gasteiger partial charge in [-0.25, -0.2) is 4.98 Å². The average molecular weight is 257 g/mol. The molecule has 1 aromatic heterocycles. The standard InChI is InChI=1S/C13H15N5O/c14-13-17-11-5-6-15-7-10(11)12(18-13)16-8-1-3-9(19)4-2-8/h1-4,15,19H,5-7H2,(H3,14,16,17,18). The second-order valence-corrected chi connectivity index (χ2v) is 4.45. The number of nitrogens with two attached hydrogens (primary N) is 1. The molecule has 0 spiro atoms. The Labute approximate surface area is 110 Å². The van der Waals surface area contributed by atoms with Crippen molar-refractivity contribution < 1.29 is 5.11 Å². The molecule has 6 nitrogen and oxygen atoms in total. The minimum absolute atomic E-state index is 0.233. The van der Waals surface area contributed by atoms with Crippen LogP contribution in [-0.2, 0) is 13.0 Å². The molecule has 3 rings (SSSR count). The smallest absolute Gasteiger partial charge is 0.222 e. The van der Waals surface area contributed by atoms with Gasteiger partial charge in [0.15, 0.2) is 0 Å². The Morgan fingerprint density at radius 3 is 2.79 bits per heavy atom. The molecule has 6 heteroatoms. The van der Waals surface area contributed by atoms with Gasteiger partial charge in [0.05, 0.1) is 5.69 Å². The zero-order valence-corrected chi connectivity index (χ0v) is 10.3. The molecule has 2 heterocycles. The summed E-state index contributed by atoms with van der Waals surface area (Å²) in [4.78, 5) is 8.53. The number of benzene rings is 1. The van der Waals surface area contributed by atoms with Crippen LogP contribution in [0, 0.1) is 0 Å². The number of nitrogen functional groups attached to an aromatic ring is 1. The van der Waals surface area contributed by atoms with E-state index in [0.29, 0.717) is 0 Å². The molecular formula is C13H15N5O. The van der Waals surface area contributed by atoms with Gasteiger partial charge in [0.1, 0.15) is 11.6 Å². The predicted octanol–water partition coefficient (Wildman–Crippen LogP) is 1.15. The molecular weight excluding hydrogens is 242 g/mol. The average Bonchev–Trinajstić information content (AvgIpc) is 2.41. The minimum Gasteiger partial charge on any atom is -0.508 e. The van der Waals surface area contributed by atoms with E-state index >= 15 is 0 Å². The van der Waals surface area contributed by atoms with Crippen LogP contribution in [0.1, 0.15) is 11.3 Å². The van der Waals surface area contributed by atoms with Crippen molar-refractivity contribution in [3.63, 3.8) is 0 Å². The van der Waals surface area contributed by atoms with Gasteiger partial charge in [-0.2, -0.15) is 4.98 Å². The van der Waals surface area contributed by atoms with E-state index < -0.39 is 0 Å². The molecule has 1 aliphatic heterocycles. The first-order valence-electron chi connectivity index (χ1n) is 6.14. The first-order chi connectivity index (χ1) is 9.22. The highest BCUT2D eigenvalue weighted by Crippen LogP contribution is 2.25. The van der Waals surface area contributed by atoms with Crippen LogP contribution in [0.4, 0.5) is 17.5 Å². The van der Waals surface area contributed by atoms with Gasteiger partial charge in [0, 0.05) is 30.8 Å². The van der Waals surface area contributed by atoms with Crippen molar-refractivity contribution in [3.05, 3.63) is 35.5 Å².